The molecule has 0 aliphatic carbocycles. The highest BCUT2D eigenvalue weighted by molar-refractivity contribution is 6.00. The third kappa shape index (κ3) is 2.48. The highest BCUT2D eigenvalue weighted by atomic mass is 16.4. The quantitative estimate of drug-likeness (QED) is 0.764. The number of aromatic amines is 1. The molecule has 2 rings (SSSR count). The largest absolute Gasteiger partial charge is 0.478 e. The summed E-state index contributed by atoms with van der Waals surface area (Å²) in [5, 5.41) is 9.13. The van der Waals surface area contributed by atoms with E-state index in [0.29, 0.717) is 18.6 Å². The topological polar surface area (TPSA) is 95.4 Å². The molecule has 2 N–H and O–H groups in total. The predicted molar refractivity (Wildman–Crippen MR) is 74.3 cm³/mol. The van der Waals surface area contributed by atoms with Gasteiger partial charge in [-0.3, -0.25) is 9.59 Å². The third-order valence-electron chi connectivity index (χ3n) is 3.01. The van der Waals surface area contributed by atoms with Gasteiger partial charge >= 0.3 is 17.1 Å². The Morgan fingerprint density at radius 3 is 2.65 bits per heavy atom. The van der Waals surface area contributed by atoms with Gasteiger partial charge in [-0.15, -0.1) is 0 Å². The van der Waals surface area contributed by atoms with Crippen LogP contribution in [0.3, 0.4) is 0 Å². The molecule has 20 heavy (non-hydrogen) atoms. The molecule has 0 fully saturated rings. The number of carbonyl (C=O) groups is 1. The van der Waals surface area contributed by atoms with E-state index < -0.39 is 17.1 Å². The molecule has 0 spiro atoms. The van der Waals surface area contributed by atoms with Gasteiger partial charge in [0.2, 0.25) is 0 Å². The molecule has 7 heteroatoms. The molecule has 1 heterocycles. The first-order valence-corrected chi connectivity index (χ1v) is 6.05. The molecule has 1 aromatic heterocycles. The zero-order valence-corrected chi connectivity index (χ0v) is 11.2. The maximum absolute atomic E-state index is 11.9. The number of H-pyrrole nitrogens is 1. The van der Waals surface area contributed by atoms with E-state index in [9.17, 15) is 14.4 Å². The van der Waals surface area contributed by atoms with E-state index in [4.69, 9.17) is 5.11 Å². The Balaban J connectivity index is 2.75. The molecule has 0 bridgehead atoms. The van der Waals surface area contributed by atoms with Crippen LogP contribution in [-0.4, -0.2) is 46.2 Å². The van der Waals surface area contributed by atoms with Gasteiger partial charge in [-0.25, -0.2) is 4.79 Å². The second kappa shape index (κ2) is 5.30. The molecule has 1 aromatic carbocycles. The minimum absolute atomic E-state index is 0.0294. The summed E-state index contributed by atoms with van der Waals surface area (Å²) in [5.74, 6) is -1.15. The maximum atomic E-state index is 11.9. The van der Waals surface area contributed by atoms with Crippen LogP contribution in [0.25, 0.3) is 11.0 Å². The third-order valence-corrected chi connectivity index (χ3v) is 3.01. The summed E-state index contributed by atoms with van der Waals surface area (Å²) in [4.78, 5) is 39.0. The van der Waals surface area contributed by atoms with Crippen LogP contribution < -0.4 is 11.1 Å². The van der Waals surface area contributed by atoms with Crippen molar-refractivity contribution in [2.75, 3.05) is 20.6 Å². The fraction of sp³-hybridized carbons (Fsp3) is 0.308. The number of benzene rings is 1. The van der Waals surface area contributed by atoms with E-state index in [1.807, 2.05) is 19.0 Å². The number of hydrogen-bond acceptors (Lipinski definition) is 4. The van der Waals surface area contributed by atoms with Crippen molar-refractivity contribution in [2.45, 2.75) is 6.54 Å². The number of hydrogen-bond donors (Lipinski definition) is 2. The van der Waals surface area contributed by atoms with E-state index >= 15 is 0 Å². The van der Waals surface area contributed by atoms with Gasteiger partial charge in [0.05, 0.1) is 16.6 Å². The Morgan fingerprint density at radius 2 is 2.05 bits per heavy atom. The molecule has 0 amide bonds. The first kappa shape index (κ1) is 14.0. The van der Waals surface area contributed by atoms with E-state index in [2.05, 4.69) is 4.98 Å². The molecule has 0 saturated heterocycles. The van der Waals surface area contributed by atoms with E-state index in [1.165, 1.54) is 10.6 Å². The van der Waals surface area contributed by atoms with Gasteiger partial charge in [0.1, 0.15) is 0 Å². The Kier molecular flexibility index (Phi) is 3.71. The highest BCUT2D eigenvalue weighted by Crippen LogP contribution is 2.14. The summed E-state index contributed by atoms with van der Waals surface area (Å²) >= 11 is 0. The molecule has 2 aromatic rings. The smallest absolute Gasteiger partial charge is 0.337 e. The average molecular weight is 277 g/mol. The van der Waals surface area contributed by atoms with Gasteiger partial charge < -0.3 is 19.6 Å². The number of carboxylic acids is 1. The van der Waals surface area contributed by atoms with Crippen LogP contribution in [0.15, 0.2) is 27.8 Å². The van der Waals surface area contributed by atoms with Crippen LogP contribution in [-0.2, 0) is 6.54 Å². The standard InChI is InChI=1S/C13H15N3O4/c1-15(2)6-7-16-9-5-3-4-8(13(19)20)10(9)14-11(17)12(16)18/h3-5H,6-7H2,1-2H3,(H,14,17)(H,19,20). The van der Waals surface area contributed by atoms with Gasteiger partial charge in [-0.05, 0) is 26.2 Å². The monoisotopic (exact) mass is 277 g/mol. The van der Waals surface area contributed by atoms with Crippen LogP contribution in [0.2, 0.25) is 0 Å². The molecule has 0 atom stereocenters. The van der Waals surface area contributed by atoms with Crippen molar-refractivity contribution in [1.82, 2.24) is 14.5 Å². The molecule has 0 aliphatic rings. The first-order valence-electron chi connectivity index (χ1n) is 6.05. The summed E-state index contributed by atoms with van der Waals surface area (Å²) in [6.45, 7) is 0.880. The first-order chi connectivity index (χ1) is 9.41. The molecule has 0 aliphatic heterocycles. The molecule has 0 radical (unpaired) electrons. The van der Waals surface area contributed by atoms with Gasteiger partial charge in [-0.1, -0.05) is 6.07 Å². The summed E-state index contributed by atoms with van der Waals surface area (Å²) in [6.07, 6.45) is 0. The summed E-state index contributed by atoms with van der Waals surface area (Å²) < 4.78 is 1.31. The lowest BCUT2D eigenvalue weighted by Crippen LogP contribution is -2.38. The van der Waals surface area contributed by atoms with E-state index in [1.54, 1.807) is 12.1 Å². The summed E-state index contributed by atoms with van der Waals surface area (Å²) in [6, 6.07) is 4.56. The fourth-order valence-corrected chi connectivity index (χ4v) is 2.00. The van der Waals surface area contributed by atoms with Crippen LogP contribution in [0, 0.1) is 0 Å². The second-order valence-electron chi connectivity index (χ2n) is 4.72. The number of rotatable bonds is 4. The number of para-hydroxylation sites is 1. The van der Waals surface area contributed by atoms with Crippen molar-refractivity contribution in [3.8, 4) is 0 Å². The number of carboxylic acid groups (broad SMARTS) is 1. The van der Waals surface area contributed by atoms with Gasteiger partial charge in [0.15, 0.2) is 0 Å². The number of nitrogens with zero attached hydrogens (tertiary/aromatic N) is 2. The van der Waals surface area contributed by atoms with Crippen LogP contribution in [0.4, 0.5) is 0 Å². The lowest BCUT2D eigenvalue weighted by Gasteiger charge is -2.14. The highest BCUT2D eigenvalue weighted by Gasteiger charge is 2.14. The van der Waals surface area contributed by atoms with Crippen LogP contribution in [0.5, 0.6) is 0 Å². The minimum atomic E-state index is -1.15. The average Bonchev–Trinajstić information content (AvgIpc) is 2.38. The molecule has 106 valence electrons. The number of aromatic nitrogens is 2. The molecular formula is C13H15N3O4. The van der Waals surface area contributed by atoms with Crippen molar-refractivity contribution >= 4 is 17.0 Å². The number of fused-ring (bicyclic) bond motifs is 1. The normalized spacial score (nSPS) is 11.2. The fourth-order valence-electron chi connectivity index (χ4n) is 2.00. The van der Waals surface area contributed by atoms with Crippen molar-refractivity contribution in [1.29, 1.82) is 0 Å². The summed E-state index contributed by atoms with van der Waals surface area (Å²) in [7, 11) is 3.70. The second-order valence-corrected chi connectivity index (χ2v) is 4.72. The Labute approximate surface area is 114 Å². The Morgan fingerprint density at radius 1 is 1.35 bits per heavy atom. The van der Waals surface area contributed by atoms with Crippen molar-refractivity contribution < 1.29 is 9.90 Å². The molecule has 7 nitrogen and oxygen atoms in total. The summed E-state index contributed by atoms with van der Waals surface area (Å²) in [5.41, 5.74) is -0.940. The Hall–Kier alpha value is -2.41. The van der Waals surface area contributed by atoms with Crippen LogP contribution >= 0.6 is 0 Å². The number of likely N-dealkylation sites (N-methyl/N-ethyl adjacent to an activating group) is 1. The SMILES string of the molecule is CN(C)CCn1c(=O)c(=O)[nH]c2c(C(=O)O)cccc21. The van der Waals surface area contributed by atoms with E-state index in [0.717, 1.165) is 0 Å². The lowest BCUT2D eigenvalue weighted by molar-refractivity contribution is 0.0699. The van der Waals surface area contributed by atoms with Crippen molar-refractivity contribution in [3.05, 3.63) is 44.5 Å². The van der Waals surface area contributed by atoms with Crippen molar-refractivity contribution in [2.24, 2.45) is 0 Å². The van der Waals surface area contributed by atoms with Gasteiger partial charge in [0.25, 0.3) is 0 Å². The zero-order valence-electron chi connectivity index (χ0n) is 11.2. The van der Waals surface area contributed by atoms with Crippen molar-refractivity contribution in [3.63, 3.8) is 0 Å². The van der Waals surface area contributed by atoms with Gasteiger partial charge in [-0.2, -0.15) is 0 Å². The minimum Gasteiger partial charge on any atom is -0.478 e. The molecule has 0 saturated carbocycles. The zero-order chi connectivity index (χ0) is 14.9. The molecule has 0 unspecified atom stereocenters. The number of nitrogens with one attached hydrogen (secondary N) is 1. The maximum Gasteiger partial charge on any atom is 0.337 e. The van der Waals surface area contributed by atoms with Gasteiger partial charge in [0, 0.05) is 13.1 Å². The Bertz CT molecular complexity index is 773. The van der Waals surface area contributed by atoms with Crippen LogP contribution in [0.1, 0.15) is 10.4 Å². The number of aromatic carboxylic acids is 1. The molecular weight excluding hydrogens is 262 g/mol. The van der Waals surface area contributed by atoms with E-state index in [-0.39, 0.29) is 11.1 Å². The lowest BCUT2D eigenvalue weighted by atomic mass is 10.1. The predicted octanol–water partition coefficient (Wildman–Crippen LogP) is -0.0504.